The Balaban J connectivity index is 2.49. The van der Waals surface area contributed by atoms with E-state index >= 15 is 0 Å². The molecule has 1 aliphatic rings. The predicted molar refractivity (Wildman–Crippen MR) is 42.7 cm³/mol. The van der Waals surface area contributed by atoms with Crippen molar-refractivity contribution >= 4 is 0 Å². The lowest BCUT2D eigenvalue weighted by Crippen LogP contribution is -1.97. The molecule has 0 atom stereocenters. The van der Waals surface area contributed by atoms with Crippen molar-refractivity contribution < 1.29 is 4.92 Å². The molecule has 0 radical (unpaired) electrons. The van der Waals surface area contributed by atoms with E-state index in [0.717, 1.165) is 12.8 Å². The molecule has 1 aliphatic carbocycles. The Morgan fingerprint density at radius 1 is 1.55 bits per heavy atom. The fourth-order valence-electron chi connectivity index (χ4n) is 1.53. The van der Waals surface area contributed by atoms with E-state index in [9.17, 15) is 10.1 Å². The molecule has 11 heavy (non-hydrogen) atoms. The molecule has 1 rings (SSSR count). The van der Waals surface area contributed by atoms with Crippen LogP contribution in [0, 0.1) is 16.0 Å². The van der Waals surface area contributed by atoms with Gasteiger partial charge in [0.05, 0.1) is 4.92 Å². The predicted octanol–water partition coefficient (Wildman–Crippen LogP) is 2.36. The van der Waals surface area contributed by atoms with E-state index in [-0.39, 0.29) is 4.92 Å². The minimum absolute atomic E-state index is 0.303. The Bertz CT molecular complexity index is 181. The van der Waals surface area contributed by atoms with Crippen LogP contribution in [0.1, 0.15) is 32.6 Å². The Morgan fingerprint density at radius 3 is 2.55 bits per heavy atom. The zero-order valence-corrected chi connectivity index (χ0v) is 6.75. The molecule has 0 aromatic carbocycles. The van der Waals surface area contributed by atoms with Crippen molar-refractivity contribution in [2.24, 2.45) is 5.92 Å². The first-order valence-electron chi connectivity index (χ1n) is 4.03. The molecule has 0 spiro atoms. The van der Waals surface area contributed by atoms with E-state index in [4.69, 9.17) is 0 Å². The number of allylic oxidation sites excluding steroid dienone is 2. The van der Waals surface area contributed by atoms with E-state index < -0.39 is 0 Å². The standard InChI is InChI=1S/C8H13NO2/c1-7(9(10)11)6-8-4-2-3-5-8/h6,8H,2-5H2,1H3/b7-6+. The van der Waals surface area contributed by atoms with Crippen molar-refractivity contribution in [2.45, 2.75) is 32.6 Å². The second-order valence-electron chi connectivity index (χ2n) is 3.11. The van der Waals surface area contributed by atoms with Gasteiger partial charge < -0.3 is 0 Å². The SMILES string of the molecule is C/C(=C\C1CCCC1)[N+](=O)[O-]. The van der Waals surface area contributed by atoms with Gasteiger partial charge in [-0.05, 0) is 24.8 Å². The molecule has 0 aromatic heterocycles. The van der Waals surface area contributed by atoms with E-state index in [0.29, 0.717) is 11.6 Å². The fourth-order valence-corrected chi connectivity index (χ4v) is 1.53. The van der Waals surface area contributed by atoms with Crippen LogP contribution in [0.5, 0.6) is 0 Å². The van der Waals surface area contributed by atoms with Crippen molar-refractivity contribution in [1.29, 1.82) is 0 Å². The van der Waals surface area contributed by atoms with E-state index in [2.05, 4.69) is 0 Å². The molecule has 0 unspecified atom stereocenters. The van der Waals surface area contributed by atoms with Gasteiger partial charge in [-0.2, -0.15) is 0 Å². The van der Waals surface area contributed by atoms with Gasteiger partial charge in [-0.1, -0.05) is 12.8 Å². The molecule has 3 nitrogen and oxygen atoms in total. The summed E-state index contributed by atoms with van der Waals surface area (Å²) in [5, 5.41) is 10.2. The maximum Gasteiger partial charge on any atom is 0.239 e. The van der Waals surface area contributed by atoms with Crippen molar-refractivity contribution in [2.75, 3.05) is 0 Å². The maximum absolute atomic E-state index is 10.2. The first-order chi connectivity index (χ1) is 5.20. The van der Waals surface area contributed by atoms with Gasteiger partial charge in [0, 0.05) is 6.92 Å². The van der Waals surface area contributed by atoms with Crippen LogP contribution in [0.2, 0.25) is 0 Å². The number of hydrogen-bond donors (Lipinski definition) is 0. The normalized spacial score (nSPS) is 20.6. The second kappa shape index (κ2) is 3.51. The smallest absolute Gasteiger partial charge is 0.239 e. The highest BCUT2D eigenvalue weighted by molar-refractivity contribution is 4.94. The third-order valence-electron chi connectivity index (χ3n) is 2.16. The molecule has 0 aromatic rings. The minimum Gasteiger partial charge on any atom is -0.259 e. The molecule has 3 heteroatoms. The van der Waals surface area contributed by atoms with Crippen LogP contribution in [0.15, 0.2) is 11.8 Å². The van der Waals surface area contributed by atoms with Crippen LogP contribution >= 0.6 is 0 Å². The zero-order valence-electron chi connectivity index (χ0n) is 6.75. The molecule has 0 heterocycles. The monoisotopic (exact) mass is 155 g/mol. The molecule has 1 saturated carbocycles. The Kier molecular flexibility index (Phi) is 2.63. The van der Waals surface area contributed by atoms with Gasteiger partial charge in [0.2, 0.25) is 5.70 Å². The highest BCUT2D eigenvalue weighted by atomic mass is 16.6. The van der Waals surface area contributed by atoms with Gasteiger partial charge in [0.1, 0.15) is 0 Å². The number of rotatable bonds is 2. The lowest BCUT2D eigenvalue weighted by atomic mass is 10.1. The van der Waals surface area contributed by atoms with Crippen LogP contribution in [0.3, 0.4) is 0 Å². The van der Waals surface area contributed by atoms with Crippen LogP contribution in [-0.4, -0.2) is 4.92 Å². The third-order valence-corrected chi connectivity index (χ3v) is 2.16. The van der Waals surface area contributed by atoms with Crippen LogP contribution in [0.25, 0.3) is 0 Å². The van der Waals surface area contributed by atoms with Gasteiger partial charge in [-0.25, -0.2) is 0 Å². The summed E-state index contributed by atoms with van der Waals surface area (Å²) < 4.78 is 0. The number of nitrogens with zero attached hydrogens (tertiary/aromatic N) is 1. The molecule has 1 fully saturated rings. The molecule has 0 bridgehead atoms. The first kappa shape index (κ1) is 8.24. The summed E-state index contributed by atoms with van der Waals surface area (Å²) in [6.45, 7) is 1.57. The molecule has 0 saturated heterocycles. The lowest BCUT2D eigenvalue weighted by molar-refractivity contribution is -0.424. The van der Waals surface area contributed by atoms with Crippen molar-refractivity contribution in [3.8, 4) is 0 Å². The summed E-state index contributed by atoms with van der Waals surface area (Å²) in [6, 6.07) is 0. The highest BCUT2D eigenvalue weighted by Crippen LogP contribution is 2.26. The number of nitro groups is 1. The van der Waals surface area contributed by atoms with Crippen LogP contribution in [-0.2, 0) is 0 Å². The quantitative estimate of drug-likeness (QED) is 0.453. The summed E-state index contributed by atoms with van der Waals surface area (Å²) in [7, 11) is 0. The molecule has 0 aliphatic heterocycles. The van der Waals surface area contributed by atoms with Gasteiger partial charge in [0.25, 0.3) is 0 Å². The highest BCUT2D eigenvalue weighted by Gasteiger charge is 2.15. The van der Waals surface area contributed by atoms with Gasteiger partial charge >= 0.3 is 0 Å². The summed E-state index contributed by atoms with van der Waals surface area (Å²) >= 11 is 0. The molecule has 62 valence electrons. The molecular weight excluding hydrogens is 142 g/mol. The van der Waals surface area contributed by atoms with Crippen molar-refractivity contribution in [3.63, 3.8) is 0 Å². The Hall–Kier alpha value is -0.860. The Morgan fingerprint density at radius 2 is 2.09 bits per heavy atom. The van der Waals surface area contributed by atoms with E-state index in [1.807, 2.05) is 0 Å². The van der Waals surface area contributed by atoms with Gasteiger partial charge in [-0.3, -0.25) is 10.1 Å². The lowest BCUT2D eigenvalue weighted by Gasteiger charge is -1.98. The van der Waals surface area contributed by atoms with Crippen molar-refractivity contribution in [3.05, 3.63) is 21.9 Å². The largest absolute Gasteiger partial charge is 0.259 e. The Labute approximate surface area is 66.3 Å². The summed E-state index contributed by atoms with van der Waals surface area (Å²) in [5.74, 6) is 0.473. The average Bonchev–Trinajstić information content (AvgIpc) is 2.39. The molecule has 0 amide bonds. The first-order valence-corrected chi connectivity index (χ1v) is 4.03. The maximum atomic E-state index is 10.2. The van der Waals surface area contributed by atoms with Crippen molar-refractivity contribution in [1.82, 2.24) is 0 Å². The van der Waals surface area contributed by atoms with E-state index in [1.54, 1.807) is 13.0 Å². The average molecular weight is 155 g/mol. The topological polar surface area (TPSA) is 43.1 Å². The minimum atomic E-state index is -0.307. The summed E-state index contributed by atoms with van der Waals surface area (Å²) in [5.41, 5.74) is 0.303. The molecular formula is C8H13NO2. The van der Waals surface area contributed by atoms with Gasteiger partial charge in [-0.15, -0.1) is 0 Å². The molecule has 0 N–H and O–H groups in total. The summed E-state index contributed by atoms with van der Waals surface area (Å²) in [4.78, 5) is 9.92. The fraction of sp³-hybridized carbons (Fsp3) is 0.750. The second-order valence-corrected chi connectivity index (χ2v) is 3.11. The third kappa shape index (κ3) is 2.33. The summed E-state index contributed by atoms with van der Waals surface area (Å²) in [6.07, 6.45) is 6.52. The van der Waals surface area contributed by atoms with Crippen LogP contribution in [0.4, 0.5) is 0 Å². The van der Waals surface area contributed by atoms with Crippen LogP contribution < -0.4 is 0 Å². The van der Waals surface area contributed by atoms with Gasteiger partial charge in [0.15, 0.2) is 0 Å². The zero-order chi connectivity index (χ0) is 8.27. The van der Waals surface area contributed by atoms with E-state index in [1.165, 1.54) is 12.8 Å². The number of hydrogen-bond acceptors (Lipinski definition) is 2.